The number of hydrogen-bond acceptors (Lipinski definition) is 5. The molecule has 0 fully saturated rings. The van der Waals surface area contributed by atoms with Crippen LogP contribution >= 0.6 is 11.8 Å². The average molecular weight is 385 g/mol. The van der Waals surface area contributed by atoms with E-state index in [1.54, 1.807) is 11.4 Å². The molecule has 0 aliphatic rings. The largest absolute Gasteiger partial charge is 0.323 e. The first-order valence-electron chi connectivity index (χ1n) is 8.01. The number of benzene rings is 2. The molecule has 0 spiro atoms. The molecular weight excluding hydrogens is 372 g/mol. The quantitative estimate of drug-likeness (QED) is 0.429. The van der Waals surface area contributed by atoms with Crippen LogP contribution in [0.15, 0.2) is 47.6 Å². The zero-order valence-corrected chi connectivity index (χ0v) is 14.9. The molecule has 6 nitrogen and oxygen atoms in total. The summed E-state index contributed by atoms with van der Waals surface area (Å²) in [4.78, 5) is 21.1. The molecule has 27 heavy (non-hydrogen) atoms. The summed E-state index contributed by atoms with van der Waals surface area (Å²) in [7, 11) is 0. The standard InChI is InChI=1S/C18H13F2N5OS/c1-10-21-17-12-4-2-3-5-14(12)23-18(25(17)24-10)27-9-16(26)22-15-7-6-11(19)8-13(15)20/h2-8H,9H2,1H3,(H,22,26). The van der Waals surface area contributed by atoms with Crippen LogP contribution in [0, 0.1) is 18.6 Å². The average Bonchev–Trinajstić information content (AvgIpc) is 3.04. The summed E-state index contributed by atoms with van der Waals surface area (Å²) >= 11 is 1.16. The smallest absolute Gasteiger partial charge is 0.234 e. The van der Waals surface area contributed by atoms with Gasteiger partial charge in [-0.3, -0.25) is 4.79 Å². The SMILES string of the molecule is Cc1nc2c3ccccc3nc(SCC(=O)Nc3ccc(F)cc3F)n2n1. The lowest BCUT2D eigenvalue weighted by Crippen LogP contribution is -2.15. The predicted molar refractivity (Wildman–Crippen MR) is 98.7 cm³/mol. The fraction of sp³-hybridized carbons (Fsp3) is 0.111. The van der Waals surface area contributed by atoms with Crippen molar-refractivity contribution < 1.29 is 13.6 Å². The molecule has 0 radical (unpaired) electrons. The third kappa shape index (κ3) is 3.45. The van der Waals surface area contributed by atoms with Crippen LogP contribution in [0.2, 0.25) is 0 Å². The number of para-hydroxylation sites is 1. The van der Waals surface area contributed by atoms with Crippen LogP contribution in [0.4, 0.5) is 14.5 Å². The molecule has 1 amide bonds. The van der Waals surface area contributed by atoms with Crippen molar-refractivity contribution in [2.24, 2.45) is 0 Å². The second-order valence-corrected chi connectivity index (χ2v) is 6.71. The molecule has 0 atom stereocenters. The number of hydrogen-bond donors (Lipinski definition) is 1. The number of amides is 1. The van der Waals surface area contributed by atoms with E-state index in [-0.39, 0.29) is 11.4 Å². The highest BCUT2D eigenvalue weighted by Crippen LogP contribution is 2.24. The second-order valence-electron chi connectivity index (χ2n) is 5.77. The molecule has 4 rings (SSSR count). The zero-order chi connectivity index (χ0) is 19.0. The molecule has 0 saturated carbocycles. The first-order valence-corrected chi connectivity index (χ1v) is 8.99. The maximum absolute atomic E-state index is 13.7. The number of nitrogens with one attached hydrogen (secondary N) is 1. The van der Waals surface area contributed by atoms with Gasteiger partial charge in [0.2, 0.25) is 5.91 Å². The summed E-state index contributed by atoms with van der Waals surface area (Å²) in [5.74, 6) is -1.40. The molecule has 136 valence electrons. The fourth-order valence-corrected chi connectivity index (χ4v) is 3.38. The Kier molecular flexibility index (Phi) is 4.44. The molecule has 0 aliphatic carbocycles. The molecule has 0 bridgehead atoms. The van der Waals surface area contributed by atoms with E-state index >= 15 is 0 Å². The fourth-order valence-electron chi connectivity index (χ4n) is 2.63. The van der Waals surface area contributed by atoms with Gasteiger partial charge in [-0.1, -0.05) is 23.9 Å². The van der Waals surface area contributed by atoms with Crippen molar-refractivity contribution in [2.75, 3.05) is 11.1 Å². The topological polar surface area (TPSA) is 72.2 Å². The Morgan fingerprint density at radius 3 is 2.81 bits per heavy atom. The van der Waals surface area contributed by atoms with Gasteiger partial charge in [0.15, 0.2) is 10.8 Å². The molecule has 0 unspecified atom stereocenters. The summed E-state index contributed by atoms with van der Waals surface area (Å²) < 4.78 is 28.2. The Labute approximate surface area is 156 Å². The lowest BCUT2D eigenvalue weighted by molar-refractivity contribution is -0.113. The molecule has 4 aromatic rings. The summed E-state index contributed by atoms with van der Waals surface area (Å²) in [6.45, 7) is 1.78. The van der Waals surface area contributed by atoms with Gasteiger partial charge in [0.25, 0.3) is 0 Å². The Balaban J connectivity index is 1.58. The van der Waals surface area contributed by atoms with E-state index < -0.39 is 17.5 Å². The number of rotatable bonds is 4. The van der Waals surface area contributed by atoms with Crippen molar-refractivity contribution in [1.82, 2.24) is 19.6 Å². The van der Waals surface area contributed by atoms with Gasteiger partial charge in [0.05, 0.1) is 17.0 Å². The molecule has 0 saturated heterocycles. The third-order valence-corrected chi connectivity index (χ3v) is 4.72. The van der Waals surface area contributed by atoms with Crippen LogP contribution in [-0.4, -0.2) is 31.2 Å². The number of aromatic nitrogens is 4. The van der Waals surface area contributed by atoms with Gasteiger partial charge in [-0.25, -0.2) is 18.7 Å². The minimum atomic E-state index is -0.827. The minimum absolute atomic E-state index is 0.0177. The monoisotopic (exact) mass is 385 g/mol. The van der Waals surface area contributed by atoms with Gasteiger partial charge < -0.3 is 5.32 Å². The summed E-state index contributed by atoms with van der Waals surface area (Å²) in [5, 5.41) is 8.12. The molecule has 2 heterocycles. The van der Waals surface area contributed by atoms with Crippen LogP contribution in [-0.2, 0) is 4.79 Å². The molecule has 1 N–H and O–H groups in total. The van der Waals surface area contributed by atoms with Gasteiger partial charge >= 0.3 is 0 Å². The number of thioether (sulfide) groups is 1. The molecule has 2 aromatic heterocycles. The van der Waals surface area contributed by atoms with Crippen LogP contribution in [0.25, 0.3) is 16.6 Å². The minimum Gasteiger partial charge on any atom is -0.323 e. The van der Waals surface area contributed by atoms with Crippen LogP contribution in [0.3, 0.4) is 0 Å². The van der Waals surface area contributed by atoms with E-state index in [2.05, 4.69) is 20.4 Å². The lowest BCUT2D eigenvalue weighted by Gasteiger charge is -2.08. The zero-order valence-electron chi connectivity index (χ0n) is 14.1. The number of carbonyl (C=O) groups excluding carboxylic acids is 1. The molecule has 2 aromatic carbocycles. The van der Waals surface area contributed by atoms with Crippen molar-refractivity contribution in [3.8, 4) is 0 Å². The van der Waals surface area contributed by atoms with E-state index in [0.29, 0.717) is 16.6 Å². The molecule has 0 aliphatic heterocycles. The Bertz CT molecular complexity index is 1180. The Hall–Kier alpha value is -3.07. The number of anilines is 1. The summed E-state index contributed by atoms with van der Waals surface area (Å²) in [5.41, 5.74) is 1.32. The van der Waals surface area contributed by atoms with Crippen molar-refractivity contribution in [3.63, 3.8) is 0 Å². The maximum atomic E-state index is 13.7. The van der Waals surface area contributed by atoms with E-state index in [9.17, 15) is 13.6 Å². The summed E-state index contributed by atoms with van der Waals surface area (Å²) in [6.07, 6.45) is 0. The first kappa shape index (κ1) is 17.3. The molecule has 9 heteroatoms. The van der Waals surface area contributed by atoms with Crippen molar-refractivity contribution in [2.45, 2.75) is 12.1 Å². The number of fused-ring (bicyclic) bond motifs is 3. The van der Waals surface area contributed by atoms with Gasteiger partial charge in [-0.05, 0) is 31.2 Å². The highest BCUT2D eigenvalue weighted by Gasteiger charge is 2.14. The highest BCUT2D eigenvalue weighted by atomic mass is 32.2. The van der Waals surface area contributed by atoms with Gasteiger partial charge in [0.1, 0.15) is 17.5 Å². The predicted octanol–water partition coefficient (Wildman–Crippen LogP) is 3.59. The lowest BCUT2D eigenvalue weighted by atomic mass is 10.2. The Morgan fingerprint density at radius 2 is 2.00 bits per heavy atom. The van der Waals surface area contributed by atoms with Gasteiger partial charge in [-0.15, -0.1) is 5.10 Å². The van der Waals surface area contributed by atoms with Gasteiger partial charge in [-0.2, -0.15) is 4.52 Å². The number of halogens is 2. The van der Waals surface area contributed by atoms with Crippen molar-refractivity contribution >= 4 is 39.9 Å². The second kappa shape index (κ2) is 6.92. The van der Waals surface area contributed by atoms with Crippen LogP contribution in [0.1, 0.15) is 5.82 Å². The van der Waals surface area contributed by atoms with E-state index in [1.165, 1.54) is 6.07 Å². The van der Waals surface area contributed by atoms with E-state index in [4.69, 9.17) is 0 Å². The van der Waals surface area contributed by atoms with E-state index in [0.717, 1.165) is 34.8 Å². The van der Waals surface area contributed by atoms with Crippen molar-refractivity contribution in [1.29, 1.82) is 0 Å². The highest BCUT2D eigenvalue weighted by molar-refractivity contribution is 7.99. The third-order valence-electron chi connectivity index (χ3n) is 3.79. The van der Waals surface area contributed by atoms with Crippen molar-refractivity contribution in [3.05, 3.63) is 59.9 Å². The van der Waals surface area contributed by atoms with Crippen LogP contribution in [0.5, 0.6) is 0 Å². The van der Waals surface area contributed by atoms with Gasteiger partial charge in [0, 0.05) is 11.5 Å². The number of carbonyl (C=O) groups is 1. The maximum Gasteiger partial charge on any atom is 0.234 e. The van der Waals surface area contributed by atoms with E-state index in [1.807, 2.05) is 24.3 Å². The number of aryl methyl sites for hydroxylation is 1. The van der Waals surface area contributed by atoms with Crippen LogP contribution < -0.4 is 5.32 Å². The summed E-state index contributed by atoms with van der Waals surface area (Å²) in [6, 6.07) is 10.5. The normalized spacial score (nSPS) is 11.2. The molecular formula is C18H13F2N5OS. The number of nitrogens with zero attached hydrogens (tertiary/aromatic N) is 4. The first-order chi connectivity index (χ1) is 13.0. The Morgan fingerprint density at radius 1 is 1.19 bits per heavy atom.